The Kier molecular flexibility index (Phi) is 4.15. The van der Waals surface area contributed by atoms with Crippen LogP contribution in [-0.4, -0.2) is 10.9 Å². The molecule has 0 fully saturated rings. The van der Waals surface area contributed by atoms with Gasteiger partial charge in [-0.15, -0.1) is 0 Å². The summed E-state index contributed by atoms with van der Waals surface area (Å²) in [6, 6.07) is 10.9. The van der Waals surface area contributed by atoms with Gasteiger partial charge in [0, 0.05) is 18.8 Å². The summed E-state index contributed by atoms with van der Waals surface area (Å²) in [6.45, 7) is 0.414. The summed E-state index contributed by atoms with van der Waals surface area (Å²) in [5, 5.41) is 2.81. The van der Waals surface area contributed by atoms with Crippen molar-refractivity contribution in [2.45, 2.75) is 6.54 Å². The molecule has 1 N–H and O–H groups in total. The fraction of sp³-hybridized carbons (Fsp3) is 0.0588. The molecule has 0 spiro atoms. The first kappa shape index (κ1) is 13.9. The maximum Gasteiger partial charge on any atom is 0.244 e. The van der Waals surface area contributed by atoms with Crippen molar-refractivity contribution in [3.63, 3.8) is 0 Å². The van der Waals surface area contributed by atoms with E-state index in [0.29, 0.717) is 18.1 Å². The topological polar surface area (TPSA) is 68.3 Å². The molecule has 0 bridgehead atoms. The molecule has 0 saturated heterocycles. The number of carbonyl (C=O) groups is 1. The number of hydrogen-bond acceptors (Lipinski definition) is 4. The zero-order valence-corrected chi connectivity index (χ0v) is 11.7. The van der Waals surface area contributed by atoms with E-state index in [4.69, 9.17) is 8.83 Å². The highest BCUT2D eigenvalue weighted by atomic mass is 16.3. The Labute approximate surface area is 127 Å². The Hall–Kier alpha value is -3.08. The van der Waals surface area contributed by atoms with E-state index in [1.54, 1.807) is 36.9 Å². The van der Waals surface area contributed by atoms with E-state index < -0.39 is 0 Å². The summed E-state index contributed by atoms with van der Waals surface area (Å²) in [4.78, 5) is 16.0. The van der Waals surface area contributed by atoms with Gasteiger partial charge in [0.1, 0.15) is 11.5 Å². The molecule has 0 unspecified atom stereocenters. The fourth-order valence-electron chi connectivity index (χ4n) is 1.94. The van der Waals surface area contributed by atoms with E-state index in [0.717, 1.165) is 11.3 Å². The molecule has 3 aromatic rings. The van der Waals surface area contributed by atoms with Gasteiger partial charge in [-0.05, 0) is 48.0 Å². The Morgan fingerprint density at radius 1 is 1.18 bits per heavy atom. The highest BCUT2D eigenvalue weighted by Crippen LogP contribution is 2.17. The molecular formula is C17H14N2O3. The third kappa shape index (κ3) is 3.52. The van der Waals surface area contributed by atoms with E-state index in [1.807, 2.05) is 24.3 Å². The van der Waals surface area contributed by atoms with Crippen LogP contribution in [0, 0.1) is 0 Å². The first-order valence-corrected chi connectivity index (χ1v) is 6.79. The number of rotatable bonds is 5. The monoisotopic (exact) mass is 294 g/mol. The number of hydrogen-bond donors (Lipinski definition) is 1. The second kappa shape index (κ2) is 6.58. The van der Waals surface area contributed by atoms with E-state index in [1.165, 1.54) is 6.08 Å². The van der Waals surface area contributed by atoms with E-state index in [9.17, 15) is 4.79 Å². The van der Waals surface area contributed by atoms with Crippen LogP contribution in [0.3, 0.4) is 0 Å². The summed E-state index contributed by atoms with van der Waals surface area (Å²) in [6.07, 6.45) is 7.91. The number of carbonyl (C=O) groups excluding carboxylic acids is 1. The van der Waals surface area contributed by atoms with Gasteiger partial charge in [-0.25, -0.2) is 0 Å². The Bertz CT molecular complexity index is 759. The van der Waals surface area contributed by atoms with E-state index >= 15 is 0 Å². The normalized spacial score (nSPS) is 10.9. The van der Waals surface area contributed by atoms with Crippen molar-refractivity contribution in [1.29, 1.82) is 0 Å². The lowest BCUT2D eigenvalue weighted by Gasteiger charge is -2.04. The maximum absolute atomic E-state index is 11.8. The summed E-state index contributed by atoms with van der Waals surface area (Å²) >= 11 is 0. The van der Waals surface area contributed by atoms with Crippen LogP contribution in [0.15, 0.2) is 70.0 Å². The van der Waals surface area contributed by atoms with Crippen LogP contribution in [-0.2, 0) is 11.3 Å². The number of amides is 1. The van der Waals surface area contributed by atoms with Crippen molar-refractivity contribution in [1.82, 2.24) is 10.3 Å². The second-order valence-electron chi connectivity index (χ2n) is 4.59. The standard InChI is InChI=1S/C17H14N2O3/c20-17(6-5-14-3-1-9-21-14)19-12-13-7-8-18-15(11-13)16-4-2-10-22-16/h1-11H,12H2,(H,19,20)/b6-5+. The van der Waals surface area contributed by atoms with Crippen LogP contribution in [0.1, 0.15) is 11.3 Å². The third-order valence-electron chi connectivity index (χ3n) is 3.01. The molecule has 0 aromatic carbocycles. The minimum absolute atomic E-state index is 0.187. The van der Waals surface area contributed by atoms with Crippen molar-refractivity contribution >= 4 is 12.0 Å². The van der Waals surface area contributed by atoms with Gasteiger partial charge < -0.3 is 14.2 Å². The molecule has 1 amide bonds. The zero-order valence-electron chi connectivity index (χ0n) is 11.7. The first-order chi connectivity index (χ1) is 10.8. The van der Waals surface area contributed by atoms with Crippen LogP contribution in [0.5, 0.6) is 0 Å². The van der Waals surface area contributed by atoms with Gasteiger partial charge in [0.25, 0.3) is 0 Å². The van der Waals surface area contributed by atoms with Crippen LogP contribution in [0.4, 0.5) is 0 Å². The summed E-state index contributed by atoms with van der Waals surface area (Å²) in [7, 11) is 0. The number of pyridine rings is 1. The maximum atomic E-state index is 11.8. The summed E-state index contributed by atoms with van der Waals surface area (Å²) < 4.78 is 10.4. The van der Waals surface area contributed by atoms with Crippen molar-refractivity contribution < 1.29 is 13.6 Å². The highest BCUT2D eigenvalue weighted by Gasteiger charge is 2.04. The largest absolute Gasteiger partial charge is 0.465 e. The van der Waals surface area contributed by atoms with Gasteiger partial charge in [-0.1, -0.05) is 0 Å². The lowest BCUT2D eigenvalue weighted by molar-refractivity contribution is -0.116. The van der Waals surface area contributed by atoms with Gasteiger partial charge in [0.15, 0.2) is 5.76 Å². The highest BCUT2D eigenvalue weighted by molar-refractivity contribution is 5.91. The van der Waals surface area contributed by atoms with Gasteiger partial charge in [-0.3, -0.25) is 9.78 Å². The molecule has 0 aliphatic rings. The van der Waals surface area contributed by atoms with Gasteiger partial charge in [-0.2, -0.15) is 0 Å². The number of nitrogens with one attached hydrogen (secondary N) is 1. The minimum atomic E-state index is -0.187. The minimum Gasteiger partial charge on any atom is -0.465 e. The number of aromatic nitrogens is 1. The molecule has 0 saturated carbocycles. The first-order valence-electron chi connectivity index (χ1n) is 6.79. The van der Waals surface area contributed by atoms with Crippen LogP contribution >= 0.6 is 0 Å². The lowest BCUT2D eigenvalue weighted by Crippen LogP contribution is -2.20. The van der Waals surface area contributed by atoms with E-state index in [-0.39, 0.29) is 5.91 Å². The Balaban J connectivity index is 1.59. The molecule has 3 aromatic heterocycles. The summed E-state index contributed by atoms with van der Waals surface area (Å²) in [5.74, 6) is 1.15. The summed E-state index contributed by atoms with van der Waals surface area (Å²) in [5.41, 5.74) is 1.68. The molecule has 0 aliphatic carbocycles. The van der Waals surface area contributed by atoms with E-state index in [2.05, 4.69) is 10.3 Å². The SMILES string of the molecule is O=C(/C=C/c1ccco1)NCc1ccnc(-c2ccco2)c1. The average molecular weight is 294 g/mol. The van der Waals surface area contributed by atoms with Crippen molar-refractivity contribution in [3.8, 4) is 11.5 Å². The molecule has 5 nitrogen and oxygen atoms in total. The molecule has 0 atom stereocenters. The molecule has 0 radical (unpaired) electrons. The fourth-order valence-corrected chi connectivity index (χ4v) is 1.94. The second-order valence-corrected chi connectivity index (χ2v) is 4.59. The van der Waals surface area contributed by atoms with Crippen LogP contribution in [0.25, 0.3) is 17.5 Å². The molecule has 5 heteroatoms. The Morgan fingerprint density at radius 2 is 2.05 bits per heavy atom. The average Bonchev–Trinajstić information content (AvgIpc) is 3.24. The predicted octanol–water partition coefficient (Wildman–Crippen LogP) is 3.26. The van der Waals surface area contributed by atoms with Gasteiger partial charge in [0.2, 0.25) is 5.91 Å². The zero-order chi connectivity index (χ0) is 15.2. The molecular weight excluding hydrogens is 280 g/mol. The Morgan fingerprint density at radius 3 is 2.82 bits per heavy atom. The van der Waals surface area contributed by atoms with Crippen molar-refractivity contribution in [2.75, 3.05) is 0 Å². The van der Waals surface area contributed by atoms with Gasteiger partial charge in [0.05, 0.1) is 12.5 Å². The van der Waals surface area contributed by atoms with Crippen LogP contribution in [0.2, 0.25) is 0 Å². The molecule has 3 heterocycles. The number of furan rings is 2. The van der Waals surface area contributed by atoms with Crippen molar-refractivity contribution in [3.05, 3.63) is 72.5 Å². The molecule has 22 heavy (non-hydrogen) atoms. The molecule has 110 valence electrons. The molecule has 0 aliphatic heterocycles. The number of nitrogens with zero attached hydrogens (tertiary/aromatic N) is 1. The predicted molar refractivity (Wildman–Crippen MR) is 81.5 cm³/mol. The quantitative estimate of drug-likeness (QED) is 0.733. The third-order valence-corrected chi connectivity index (χ3v) is 3.01. The van der Waals surface area contributed by atoms with Gasteiger partial charge >= 0.3 is 0 Å². The molecule has 3 rings (SSSR count). The lowest BCUT2D eigenvalue weighted by atomic mass is 10.2. The van der Waals surface area contributed by atoms with Crippen molar-refractivity contribution in [2.24, 2.45) is 0 Å². The van der Waals surface area contributed by atoms with Crippen LogP contribution < -0.4 is 5.32 Å². The smallest absolute Gasteiger partial charge is 0.244 e.